The molecule has 1 aromatic rings. The number of likely N-dealkylation sites (tertiary alicyclic amines) is 1. The molecule has 1 atom stereocenters. The topological polar surface area (TPSA) is 38.1 Å². The Morgan fingerprint density at radius 3 is 2.83 bits per heavy atom. The number of nitrogens with zero attached hydrogens (tertiary/aromatic N) is 3. The summed E-state index contributed by atoms with van der Waals surface area (Å²) in [7, 11) is 0. The number of hydrogen-bond acceptors (Lipinski definition) is 3. The van der Waals surface area contributed by atoms with Gasteiger partial charge in [-0.2, -0.15) is 5.10 Å². The molecule has 1 aliphatic heterocycles. The average molecular weight is 247 g/mol. The van der Waals surface area contributed by atoms with Crippen molar-refractivity contribution in [2.75, 3.05) is 6.54 Å². The van der Waals surface area contributed by atoms with E-state index in [-0.39, 0.29) is 5.56 Å². The first kappa shape index (κ1) is 11.9. The molecule has 0 amide bonds. The first-order chi connectivity index (χ1) is 8.84. The highest BCUT2D eigenvalue weighted by Crippen LogP contribution is 2.30. The zero-order valence-electron chi connectivity index (χ0n) is 10.8. The van der Waals surface area contributed by atoms with E-state index in [1.54, 1.807) is 23.0 Å². The van der Waals surface area contributed by atoms with Crippen LogP contribution in [0.3, 0.4) is 0 Å². The van der Waals surface area contributed by atoms with E-state index >= 15 is 0 Å². The van der Waals surface area contributed by atoms with Crippen LogP contribution in [0.4, 0.5) is 0 Å². The minimum Gasteiger partial charge on any atom is -0.296 e. The Kier molecular flexibility index (Phi) is 3.46. The zero-order valence-corrected chi connectivity index (χ0v) is 10.8. The van der Waals surface area contributed by atoms with Gasteiger partial charge in [-0.3, -0.25) is 9.69 Å². The lowest BCUT2D eigenvalue weighted by molar-refractivity contribution is 0.162. The third kappa shape index (κ3) is 2.34. The lowest BCUT2D eigenvalue weighted by Crippen LogP contribution is -2.41. The van der Waals surface area contributed by atoms with Gasteiger partial charge in [0.15, 0.2) is 0 Å². The molecular formula is C14H21N3O. The smallest absolute Gasteiger partial charge is 0.266 e. The molecule has 98 valence electrons. The molecule has 2 aliphatic rings. The highest BCUT2D eigenvalue weighted by atomic mass is 16.1. The normalized spacial score (nSPS) is 25.9. The minimum absolute atomic E-state index is 0.0239. The number of rotatable bonds is 3. The van der Waals surface area contributed by atoms with Gasteiger partial charge in [-0.15, -0.1) is 0 Å². The summed E-state index contributed by atoms with van der Waals surface area (Å²) >= 11 is 0. The van der Waals surface area contributed by atoms with E-state index in [1.165, 1.54) is 45.1 Å². The second-order valence-corrected chi connectivity index (χ2v) is 5.52. The van der Waals surface area contributed by atoms with Gasteiger partial charge >= 0.3 is 0 Å². The van der Waals surface area contributed by atoms with Crippen LogP contribution in [-0.2, 0) is 6.54 Å². The third-order valence-corrected chi connectivity index (χ3v) is 4.39. The molecule has 3 rings (SSSR count). The van der Waals surface area contributed by atoms with Gasteiger partial charge in [0.2, 0.25) is 0 Å². The number of hydrogen-bond donors (Lipinski definition) is 0. The van der Waals surface area contributed by atoms with Gasteiger partial charge in [0.25, 0.3) is 5.56 Å². The second kappa shape index (κ2) is 5.22. The van der Waals surface area contributed by atoms with Crippen LogP contribution < -0.4 is 5.56 Å². The van der Waals surface area contributed by atoms with Crippen LogP contribution in [0.5, 0.6) is 0 Å². The van der Waals surface area contributed by atoms with Crippen molar-refractivity contribution in [3.05, 3.63) is 28.7 Å². The Bertz CT molecular complexity index is 450. The molecule has 0 N–H and O–H groups in total. The maximum absolute atomic E-state index is 11.7. The van der Waals surface area contributed by atoms with Crippen molar-refractivity contribution in [1.82, 2.24) is 14.7 Å². The molecule has 2 heterocycles. The number of aromatic nitrogens is 2. The van der Waals surface area contributed by atoms with Gasteiger partial charge in [0, 0.05) is 24.3 Å². The lowest BCUT2D eigenvalue weighted by atomic mass is 10.1. The summed E-state index contributed by atoms with van der Waals surface area (Å²) in [5, 5.41) is 4.18. The lowest BCUT2D eigenvalue weighted by Gasteiger charge is -2.30. The van der Waals surface area contributed by atoms with Crippen LogP contribution in [0, 0.1) is 0 Å². The maximum Gasteiger partial charge on any atom is 0.266 e. The van der Waals surface area contributed by atoms with Crippen LogP contribution >= 0.6 is 0 Å². The van der Waals surface area contributed by atoms with E-state index < -0.39 is 0 Å². The van der Waals surface area contributed by atoms with E-state index in [0.29, 0.717) is 6.04 Å². The first-order valence-corrected chi connectivity index (χ1v) is 7.12. The maximum atomic E-state index is 11.7. The molecule has 0 spiro atoms. The first-order valence-electron chi connectivity index (χ1n) is 7.12. The van der Waals surface area contributed by atoms with Crippen LogP contribution in [0.25, 0.3) is 0 Å². The third-order valence-electron chi connectivity index (χ3n) is 4.39. The fraction of sp³-hybridized carbons (Fsp3) is 0.714. The van der Waals surface area contributed by atoms with Crippen molar-refractivity contribution in [1.29, 1.82) is 0 Å². The largest absolute Gasteiger partial charge is 0.296 e. The molecule has 4 nitrogen and oxygen atoms in total. The quantitative estimate of drug-likeness (QED) is 0.815. The van der Waals surface area contributed by atoms with Crippen molar-refractivity contribution < 1.29 is 0 Å². The second-order valence-electron chi connectivity index (χ2n) is 5.52. The molecule has 1 unspecified atom stereocenters. The molecule has 1 aliphatic carbocycles. The summed E-state index contributed by atoms with van der Waals surface area (Å²) in [4.78, 5) is 14.3. The van der Waals surface area contributed by atoms with Gasteiger partial charge < -0.3 is 0 Å². The van der Waals surface area contributed by atoms with Crippen molar-refractivity contribution in [3.8, 4) is 0 Å². The van der Waals surface area contributed by atoms with Crippen molar-refractivity contribution >= 4 is 0 Å². The highest BCUT2D eigenvalue weighted by molar-refractivity contribution is 4.90. The van der Waals surface area contributed by atoms with E-state index in [2.05, 4.69) is 10.00 Å². The Hall–Kier alpha value is -1.16. The molecule has 1 saturated heterocycles. The van der Waals surface area contributed by atoms with E-state index in [9.17, 15) is 4.79 Å². The Morgan fingerprint density at radius 1 is 1.22 bits per heavy atom. The fourth-order valence-corrected chi connectivity index (χ4v) is 3.49. The van der Waals surface area contributed by atoms with Crippen molar-refractivity contribution in [2.24, 2.45) is 0 Å². The highest BCUT2D eigenvalue weighted by Gasteiger charge is 2.32. The van der Waals surface area contributed by atoms with Crippen molar-refractivity contribution in [2.45, 2.75) is 57.2 Å². The SMILES string of the molecule is O=c1cccnn1CC1CCCN1C1CCCC1. The van der Waals surface area contributed by atoms with Crippen LogP contribution in [-0.4, -0.2) is 33.3 Å². The summed E-state index contributed by atoms with van der Waals surface area (Å²) in [5.74, 6) is 0. The van der Waals surface area contributed by atoms with E-state index in [4.69, 9.17) is 0 Å². The Morgan fingerprint density at radius 2 is 2.06 bits per heavy atom. The summed E-state index contributed by atoms with van der Waals surface area (Å²) in [6, 6.07) is 4.59. The minimum atomic E-state index is 0.0239. The molecule has 0 aromatic carbocycles. The predicted octanol–water partition coefficient (Wildman–Crippen LogP) is 1.65. The van der Waals surface area contributed by atoms with Gasteiger partial charge in [-0.05, 0) is 38.3 Å². The van der Waals surface area contributed by atoms with Crippen LogP contribution in [0.15, 0.2) is 23.1 Å². The molecule has 18 heavy (non-hydrogen) atoms. The molecule has 4 heteroatoms. The molecule has 1 aromatic heterocycles. The molecule has 0 bridgehead atoms. The van der Waals surface area contributed by atoms with Crippen LogP contribution in [0.2, 0.25) is 0 Å². The standard InChI is InChI=1S/C14H21N3O/c18-14-8-3-9-15-17(14)11-13-7-4-10-16(13)12-5-1-2-6-12/h3,8-9,12-13H,1-2,4-7,10-11H2. The fourth-order valence-electron chi connectivity index (χ4n) is 3.49. The van der Waals surface area contributed by atoms with E-state index in [0.717, 1.165) is 12.6 Å². The van der Waals surface area contributed by atoms with Crippen LogP contribution in [0.1, 0.15) is 38.5 Å². The monoisotopic (exact) mass is 247 g/mol. The summed E-state index contributed by atoms with van der Waals surface area (Å²) in [5.41, 5.74) is 0.0239. The van der Waals surface area contributed by atoms with Gasteiger partial charge in [-0.25, -0.2) is 4.68 Å². The predicted molar refractivity (Wildman–Crippen MR) is 70.5 cm³/mol. The Balaban J connectivity index is 1.71. The average Bonchev–Trinajstić information content (AvgIpc) is 3.02. The van der Waals surface area contributed by atoms with Gasteiger partial charge in [0.05, 0.1) is 6.54 Å². The summed E-state index contributed by atoms with van der Waals surface area (Å²) < 4.78 is 1.62. The molecular weight excluding hydrogens is 226 g/mol. The molecule has 1 saturated carbocycles. The van der Waals surface area contributed by atoms with Crippen molar-refractivity contribution in [3.63, 3.8) is 0 Å². The zero-order chi connectivity index (χ0) is 12.4. The summed E-state index contributed by atoms with van der Waals surface area (Å²) in [6.07, 6.45) is 9.61. The van der Waals surface area contributed by atoms with Gasteiger partial charge in [0.1, 0.15) is 0 Å². The summed E-state index contributed by atoms with van der Waals surface area (Å²) in [6.45, 7) is 1.97. The van der Waals surface area contributed by atoms with Gasteiger partial charge in [-0.1, -0.05) is 12.8 Å². The Labute approximate surface area is 108 Å². The van der Waals surface area contributed by atoms with E-state index in [1.807, 2.05) is 0 Å². The molecule has 2 fully saturated rings. The molecule has 0 radical (unpaired) electrons.